The summed E-state index contributed by atoms with van der Waals surface area (Å²) in [7, 11) is 0. The maximum atomic E-state index is 12.0. The Labute approximate surface area is 122 Å². The number of amides is 2. The lowest BCUT2D eigenvalue weighted by atomic mass is 10.1. The largest absolute Gasteiger partial charge is 0.366 e. The Bertz CT molecular complexity index is 704. The van der Waals surface area contributed by atoms with Crippen molar-refractivity contribution in [2.45, 2.75) is 0 Å². The second kappa shape index (κ2) is 4.73. The van der Waals surface area contributed by atoms with E-state index in [1.165, 1.54) is 28.8 Å². The lowest BCUT2D eigenvalue weighted by Gasteiger charge is -2.12. The van der Waals surface area contributed by atoms with Gasteiger partial charge in [-0.3, -0.25) is 9.59 Å². The van der Waals surface area contributed by atoms with Gasteiger partial charge in [0.1, 0.15) is 0 Å². The fraction of sp³-hybridized carbons (Fsp3) is 0. The Morgan fingerprint density at radius 1 is 1.10 bits per heavy atom. The Kier molecular flexibility index (Phi) is 3.04. The molecule has 20 heavy (non-hydrogen) atoms. The molecular weight excluding hydrogens is 302 g/mol. The first-order valence-electron chi connectivity index (χ1n) is 5.51. The summed E-state index contributed by atoms with van der Waals surface area (Å²) in [6, 6.07) is 6.26. The third kappa shape index (κ3) is 1.90. The second-order valence-corrected chi connectivity index (χ2v) is 5.11. The molecule has 0 aliphatic carbocycles. The summed E-state index contributed by atoms with van der Waals surface area (Å²) in [5.41, 5.74) is 0.539. The van der Waals surface area contributed by atoms with E-state index >= 15 is 0 Å². The first-order valence-corrected chi connectivity index (χ1v) is 6.83. The maximum absolute atomic E-state index is 12.0. The van der Waals surface area contributed by atoms with Gasteiger partial charge in [-0.05, 0) is 12.1 Å². The summed E-state index contributed by atoms with van der Waals surface area (Å²) in [4.78, 5) is 40.7. The molecule has 0 N–H and O–H groups in total. The van der Waals surface area contributed by atoms with Crippen molar-refractivity contribution in [3.8, 4) is 0 Å². The van der Waals surface area contributed by atoms with Crippen LogP contribution in [0.1, 0.15) is 31.1 Å². The van der Waals surface area contributed by atoms with Crippen LogP contribution in [-0.2, 0) is 4.84 Å². The number of nitrogens with zero attached hydrogens (tertiary/aromatic N) is 1. The van der Waals surface area contributed by atoms with Gasteiger partial charge < -0.3 is 4.84 Å². The van der Waals surface area contributed by atoms with Gasteiger partial charge in [0.2, 0.25) is 0 Å². The molecule has 0 saturated heterocycles. The number of carbonyl (C=O) groups excluding carboxylic acids is 3. The van der Waals surface area contributed by atoms with E-state index in [4.69, 9.17) is 16.4 Å². The molecule has 1 aromatic carbocycles. The second-order valence-electron chi connectivity index (χ2n) is 3.96. The minimum Gasteiger partial charge on any atom is -0.324 e. The Hall–Kier alpha value is -2.18. The molecule has 5 nitrogen and oxygen atoms in total. The smallest absolute Gasteiger partial charge is 0.324 e. The van der Waals surface area contributed by atoms with Gasteiger partial charge in [-0.15, -0.1) is 11.3 Å². The predicted molar refractivity (Wildman–Crippen MR) is 71.7 cm³/mol. The van der Waals surface area contributed by atoms with Crippen LogP contribution >= 0.6 is 22.9 Å². The van der Waals surface area contributed by atoms with Gasteiger partial charge in [0.05, 0.1) is 21.7 Å². The van der Waals surface area contributed by atoms with Gasteiger partial charge >= 0.3 is 5.97 Å². The molecule has 0 radical (unpaired) electrons. The van der Waals surface area contributed by atoms with Crippen LogP contribution in [0.4, 0.5) is 0 Å². The molecule has 1 aliphatic heterocycles. The highest BCUT2D eigenvalue weighted by Gasteiger charge is 2.39. The predicted octanol–water partition coefficient (Wildman–Crippen LogP) is 2.77. The molecule has 0 spiro atoms. The van der Waals surface area contributed by atoms with Crippen molar-refractivity contribution in [2.75, 3.05) is 0 Å². The van der Waals surface area contributed by atoms with Crippen LogP contribution < -0.4 is 0 Å². The minimum absolute atomic E-state index is 0.119. The Morgan fingerprint density at radius 2 is 1.70 bits per heavy atom. The van der Waals surface area contributed by atoms with Gasteiger partial charge in [0.25, 0.3) is 11.8 Å². The van der Waals surface area contributed by atoms with E-state index in [9.17, 15) is 14.4 Å². The molecular formula is C13H6ClNO4S. The number of fused-ring (bicyclic) bond motifs is 1. The molecule has 0 fully saturated rings. The lowest BCUT2D eigenvalue weighted by Crippen LogP contribution is -2.32. The van der Waals surface area contributed by atoms with E-state index in [1.807, 2.05) is 0 Å². The Morgan fingerprint density at radius 3 is 2.20 bits per heavy atom. The van der Waals surface area contributed by atoms with Crippen LogP contribution in [0.5, 0.6) is 0 Å². The van der Waals surface area contributed by atoms with Crippen molar-refractivity contribution >= 4 is 40.7 Å². The summed E-state index contributed by atoms with van der Waals surface area (Å²) >= 11 is 7.02. The molecule has 0 bridgehead atoms. The standard InChI is InChI=1S/C13H6ClNO4S/c14-10-6-20-5-9(10)13(18)19-15-11(16)7-3-1-2-4-8(7)12(15)17/h1-6H. The van der Waals surface area contributed by atoms with Crippen LogP contribution in [0.2, 0.25) is 5.02 Å². The first-order chi connectivity index (χ1) is 9.59. The van der Waals surface area contributed by atoms with Gasteiger partial charge in [0.15, 0.2) is 0 Å². The van der Waals surface area contributed by atoms with Crippen molar-refractivity contribution in [2.24, 2.45) is 0 Å². The molecule has 100 valence electrons. The summed E-state index contributed by atoms with van der Waals surface area (Å²) in [5, 5.41) is 3.72. The third-order valence-electron chi connectivity index (χ3n) is 2.77. The monoisotopic (exact) mass is 307 g/mol. The van der Waals surface area contributed by atoms with E-state index in [2.05, 4.69) is 0 Å². The van der Waals surface area contributed by atoms with Gasteiger partial charge in [0, 0.05) is 10.8 Å². The number of carbonyl (C=O) groups is 3. The summed E-state index contributed by atoms with van der Waals surface area (Å²) < 4.78 is 0. The summed E-state index contributed by atoms with van der Waals surface area (Å²) in [5.74, 6) is -2.17. The molecule has 2 heterocycles. The zero-order valence-corrected chi connectivity index (χ0v) is 11.4. The molecule has 3 rings (SSSR count). The number of thiophene rings is 1. The number of benzene rings is 1. The molecule has 0 atom stereocenters. The van der Waals surface area contributed by atoms with Gasteiger partial charge in [-0.25, -0.2) is 4.79 Å². The molecule has 0 unspecified atom stereocenters. The lowest BCUT2D eigenvalue weighted by molar-refractivity contribution is -0.0584. The number of imide groups is 1. The fourth-order valence-corrected chi connectivity index (χ4v) is 2.83. The van der Waals surface area contributed by atoms with E-state index < -0.39 is 17.8 Å². The first kappa shape index (κ1) is 12.8. The van der Waals surface area contributed by atoms with Gasteiger partial charge in [-0.2, -0.15) is 0 Å². The van der Waals surface area contributed by atoms with E-state index in [-0.39, 0.29) is 21.7 Å². The molecule has 2 aromatic rings. The average molecular weight is 308 g/mol. The zero-order valence-electron chi connectivity index (χ0n) is 9.83. The number of halogens is 1. The highest BCUT2D eigenvalue weighted by atomic mass is 35.5. The van der Waals surface area contributed by atoms with Gasteiger partial charge in [-0.1, -0.05) is 28.8 Å². The molecule has 2 amide bonds. The van der Waals surface area contributed by atoms with E-state index in [0.29, 0.717) is 5.06 Å². The zero-order chi connectivity index (χ0) is 14.3. The number of hydroxylamine groups is 2. The molecule has 7 heteroatoms. The van der Waals surface area contributed by atoms with Crippen LogP contribution in [0.25, 0.3) is 0 Å². The van der Waals surface area contributed by atoms with Crippen LogP contribution in [0.3, 0.4) is 0 Å². The van der Waals surface area contributed by atoms with Crippen molar-refractivity contribution < 1.29 is 19.2 Å². The van der Waals surface area contributed by atoms with E-state index in [0.717, 1.165) is 0 Å². The normalized spacial score (nSPS) is 13.6. The molecule has 1 aromatic heterocycles. The van der Waals surface area contributed by atoms with Crippen molar-refractivity contribution in [1.82, 2.24) is 5.06 Å². The van der Waals surface area contributed by atoms with Crippen LogP contribution in [0.15, 0.2) is 35.0 Å². The fourth-order valence-electron chi connectivity index (χ4n) is 1.81. The van der Waals surface area contributed by atoms with Crippen molar-refractivity contribution in [1.29, 1.82) is 0 Å². The van der Waals surface area contributed by atoms with Crippen LogP contribution in [0, 0.1) is 0 Å². The van der Waals surface area contributed by atoms with Crippen molar-refractivity contribution in [3.05, 3.63) is 56.7 Å². The average Bonchev–Trinajstić information content (AvgIpc) is 2.97. The quantitative estimate of drug-likeness (QED) is 0.800. The summed E-state index contributed by atoms with van der Waals surface area (Å²) in [6.45, 7) is 0. The number of rotatable bonds is 2. The molecule has 1 aliphatic rings. The SMILES string of the molecule is O=C(ON1C(=O)c2ccccc2C1=O)c1cscc1Cl. The highest BCUT2D eigenvalue weighted by Crippen LogP contribution is 2.26. The van der Waals surface area contributed by atoms with E-state index in [1.54, 1.807) is 17.5 Å². The maximum Gasteiger partial charge on any atom is 0.366 e. The number of hydrogen-bond donors (Lipinski definition) is 0. The minimum atomic E-state index is -0.842. The topological polar surface area (TPSA) is 63.7 Å². The number of hydrogen-bond acceptors (Lipinski definition) is 5. The summed E-state index contributed by atoms with van der Waals surface area (Å²) in [6.07, 6.45) is 0. The van der Waals surface area contributed by atoms with Crippen LogP contribution in [-0.4, -0.2) is 22.8 Å². The molecule has 0 saturated carbocycles. The highest BCUT2D eigenvalue weighted by molar-refractivity contribution is 7.08. The third-order valence-corrected chi connectivity index (χ3v) is 3.95. The van der Waals surface area contributed by atoms with Crippen molar-refractivity contribution in [3.63, 3.8) is 0 Å². The Balaban J connectivity index is 1.87.